The quantitative estimate of drug-likeness (QED) is 0.0452. The van der Waals surface area contributed by atoms with Crippen LogP contribution in [0.5, 0.6) is 5.75 Å². The largest absolute Gasteiger partial charge is 0.494 e. The fourth-order valence-electron chi connectivity index (χ4n) is 7.39. The van der Waals surface area contributed by atoms with Gasteiger partial charge in [0.05, 0.1) is 26.4 Å². The zero-order chi connectivity index (χ0) is 46.8. The lowest BCUT2D eigenvalue weighted by Crippen LogP contribution is -2.67. The highest BCUT2D eigenvalue weighted by molar-refractivity contribution is 5.92. The number of carbonyl (C=O) groups is 2. The van der Waals surface area contributed by atoms with Gasteiger partial charge in [-0.2, -0.15) is 4.98 Å². The number of benzene rings is 1. The van der Waals surface area contributed by atoms with E-state index in [1.165, 1.54) is 0 Å². The summed E-state index contributed by atoms with van der Waals surface area (Å²) in [7, 11) is 0. The topological polar surface area (TPSA) is 381 Å². The first kappa shape index (κ1) is 50.1. The molecule has 1 aromatic carbocycles. The molecular formula is C40H57N5O20. The van der Waals surface area contributed by atoms with Crippen molar-refractivity contribution in [3.05, 3.63) is 47.7 Å². The van der Waals surface area contributed by atoms with E-state index in [1.807, 2.05) is 12.1 Å². The highest BCUT2D eigenvalue weighted by atomic mass is 16.7. The zero-order valence-corrected chi connectivity index (χ0v) is 35.2. The van der Waals surface area contributed by atoms with E-state index in [0.717, 1.165) is 5.56 Å². The molecule has 3 aliphatic heterocycles. The van der Waals surface area contributed by atoms with Crippen LogP contribution in [0.25, 0.3) is 11.4 Å². The van der Waals surface area contributed by atoms with Gasteiger partial charge in [-0.25, -0.2) is 0 Å². The van der Waals surface area contributed by atoms with Gasteiger partial charge in [-0.3, -0.25) is 9.59 Å². The zero-order valence-electron chi connectivity index (χ0n) is 35.2. The average Bonchev–Trinajstić information content (AvgIpc) is 3.97. The van der Waals surface area contributed by atoms with Crippen LogP contribution in [0.2, 0.25) is 0 Å². The lowest BCUT2D eigenvalue weighted by atomic mass is 9.95. The van der Waals surface area contributed by atoms with Crippen molar-refractivity contribution in [2.75, 3.05) is 33.0 Å². The Hall–Kier alpha value is -4.29. The standard InChI is InChI=1S/C40H57N5O20/c1-18-42-36(45-64-18)19-8-10-20(11-9-19)58-13-5-6-21-14-22(44-65-21)37(57)41-12-4-2-3-7-26(49)43-38-31(54)30(53)34(25(17-48)59-38)62-40-33(56)35(28(51)24(16-47)61-40)63-39-32(55)29(52)27(50)23(15-46)60-39/h8-11,14,23-25,27-35,38-40,46-48,50-56H,2-7,12-13,15-17H2,1H3,(H,41,57)(H,43,49)/t23-,24-,25-,27+,28+,29+,30-,31-,32-,33-,34-,35+,38-,39-,40+/m1/s1. The number of hydrogen-bond acceptors (Lipinski definition) is 23. The Morgan fingerprint density at radius 1 is 0.692 bits per heavy atom. The number of nitrogens with one attached hydrogen (secondary N) is 2. The summed E-state index contributed by atoms with van der Waals surface area (Å²) in [5.41, 5.74) is 0.919. The average molecular weight is 928 g/mol. The number of rotatable bonds is 21. The molecule has 15 atom stereocenters. The summed E-state index contributed by atoms with van der Waals surface area (Å²) < 4.78 is 43.8. The molecule has 3 aromatic rings. The van der Waals surface area contributed by atoms with Gasteiger partial charge in [0, 0.05) is 37.9 Å². The van der Waals surface area contributed by atoms with E-state index in [1.54, 1.807) is 25.1 Å². The minimum Gasteiger partial charge on any atom is -0.494 e. The molecule has 3 aliphatic rings. The van der Waals surface area contributed by atoms with E-state index in [-0.39, 0.29) is 18.7 Å². The maximum absolute atomic E-state index is 12.8. The third-order valence-electron chi connectivity index (χ3n) is 11.1. The molecule has 25 heteroatoms. The van der Waals surface area contributed by atoms with Crippen molar-refractivity contribution in [3.8, 4) is 17.1 Å². The second-order valence-electron chi connectivity index (χ2n) is 15.8. The van der Waals surface area contributed by atoms with Crippen LogP contribution in [0.1, 0.15) is 54.2 Å². The van der Waals surface area contributed by atoms with Gasteiger partial charge in [0.2, 0.25) is 17.6 Å². The first-order valence-corrected chi connectivity index (χ1v) is 21.2. The Balaban J connectivity index is 0.881. The number of ether oxygens (including phenoxy) is 6. The summed E-state index contributed by atoms with van der Waals surface area (Å²) in [4.78, 5) is 29.6. The summed E-state index contributed by atoms with van der Waals surface area (Å²) in [5.74, 6) is 1.17. The number of nitrogens with zero attached hydrogens (tertiary/aromatic N) is 3. The van der Waals surface area contributed by atoms with Crippen molar-refractivity contribution >= 4 is 11.8 Å². The van der Waals surface area contributed by atoms with E-state index >= 15 is 0 Å². The highest BCUT2D eigenvalue weighted by Crippen LogP contribution is 2.32. The third-order valence-corrected chi connectivity index (χ3v) is 11.1. The van der Waals surface area contributed by atoms with Crippen molar-refractivity contribution in [1.29, 1.82) is 0 Å². The fourth-order valence-corrected chi connectivity index (χ4v) is 7.39. The number of amides is 2. The molecular weight excluding hydrogens is 870 g/mol. The van der Waals surface area contributed by atoms with Crippen molar-refractivity contribution in [1.82, 2.24) is 25.9 Å². The number of unbranched alkanes of at least 4 members (excludes halogenated alkanes) is 2. The summed E-state index contributed by atoms with van der Waals surface area (Å²) in [6.07, 6.45) is -23.4. The lowest BCUT2D eigenvalue weighted by Gasteiger charge is -2.48. The summed E-state index contributed by atoms with van der Waals surface area (Å²) >= 11 is 0. The maximum atomic E-state index is 12.8. The molecule has 2 aromatic heterocycles. The Labute approximate surface area is 370 Å². The van der Waals surface area contributed by atoms with Gasteiger partial charge in [-0.05, 0) is 43.5 Å². The maximum Gasteiger partial charge on any atom is 0.273 e. The molecule has 0 aliphatic carbocycles. The SMILES string of the molecule is Cc1nc(-c2ccc(OCCCc3cc(C(=O)NCCCCCC(=O)N[C@@H]4O[C@H](CO)[C@@H](O[C@@H]5O[C@H](CO)[C@H](O)[C@H](O[C@H]6O[C@H](CO)[C@H](O)[C@H](O)[C@H]6O)[C@H]5O)[C@H](O)[C@H]4O)no3)cc2)no1. The van der Waals surface area contributed by atoms with Crippen LogP contribution < -0.4 is 15.4 Å². The summed E-state index contributed by atoms with van der Waals surface area (Å²) in [6.45, 7) is -0.0674. The van der Waals surface area contributed by atoms with E-state index in [0.29, 0.717) is 61.9 Å². The molecule has 65 heavy (non-hydrogen) atoms. The van der Waals surface area contributed by atoms with Crippen LogP contribution in [0, 0.1) is 6.92 Å². The number of carbonyl (C=O) groups excluding carboxylic acids is 2. The molecule has 0 radical (unpaired) electrons. The molecule has 3 saturated heterocycles. The Kier molecular flexibility index (Phi) is 18.1. The van der Waals surface area contributed by atoms with Crippen molar-refractivity contribution in [3.63, 3.8) is 0 Å². The molecule has 0 unspecified atom stereocenters. The minimum absolute atomic E-state index is 0.0230. The number of aliphatic hydroxyl groups is 10. The lowest BCUT2D eigenvalue weighted by molar-refractivity contribution is -0.374. The molecule has 362 valence electrons. The highest BCUT2D eigenvalue weighted by Gasteiger charge is 2.53. The Morgan fingerprint density at radius 2 is 1.37 bits per heavy atom. The van der Waals surface area contributed by atoms with Gasteiger partial charge in [-0.1, -0.05) is 16.7 Å². The molecule has 6 rings (SSSR count). The molecule has 0 saturated carbocycles. The predicted molar refractivity (Wildman–Crippen MR) is 213 cm³/mol. The molecule has 25 nitrogen and oxygen atoms in total. The minimum atomic E-state index is -1.97. The van der Waals surface area contributed by atoms with E-state index in [9.17, 15) is 60.7 Å². The molecule has 0 bridgehead atoms. The predicted octanol–water partition coefficient (Wildman–Crippen LogP) is -4.10. The molecule has 3 fully saturated rings. The van der Waals surface area contributed by atoms with Gasteiger partial charge < -0.3 is 99.2 Å². The monoisotopic (exact) mass is 927 g/mol. The molecule has 12 N–H and O–H groups in total. The van der Waals surface area contributed by atoms with Gasteiger partial charge in [0.15, 0.2) is 24.5 Å². The number of aromatic nitrogens is 3. The molecule has 2 amide bonds. The fraction of sp³-hybridized carbons (Fsp3) is 0.675. The van der Waals surface area contributed by atoms with E-state index in [4.69, 9.17) is 37.5 Å². The van der Waals surface area contributed by atoms with E-state index in [2.05, 4.69) is 25.9 Å². The number of aliphatic hydroxyl groups excluding tert-OH is 10. The van der Waals surface area contributed by atoms with Gasteiger partial charge in [-0.15, -0.1) is 0 Å². The normalized spacial score (nSPS) is 32.8. The third kappa shape index (κ3) is 12.6. The van der Waals surface area contributed by atoms with Crippen LogP contribution in [0.15, 0.2) is 39.4 Å². The van der Waals surface area contributed by atoms with Crippen LogP contribution in [-0.4, -0.2) is 203 Å². The van der Waals surface area contributed by atoms with Gasteiger partial charge >= 0.3 is 0 Å². The van der Waals surface area contributed by atoms with Crippen LogP contribution in [0.4, 0.5) is 0 Å². The number of aryl methyl sites for hydroxylation is 2. The van der Waals surface area contributed by atoms with Crippen LogP contribution >= 0.6 is 0 Å². The smallest absolute Gasteiger partial charge is 0.273 e. The first-order chi connectivity index (χ1) is 31.2. The van der Waals surface area contributed by atoms with Crippen molar-refractivity contribution in [2.24, 2.45) is 0 Å². The van der Waals surface area contributed by atoms with Crippen LogP contribution in [-0.2, 0) is 34.9 Å². The van der Waals surface area contributed by atoms with Crippen molar-refractivity contribution in [2.45, 2.75) is 138 Å². The summed E-state index contributed by atoms with van der Waals surface area (Å²) in [6, 6.07) is 8.83. The Bertz CT molecular complexity index is 1930. The molecule has 5 heterocycles. The number of hydrogen-bond donors (Lipinski definition) is 12. The summed E-state index contributed by atoms with van der Waals surface area (Å²) in [5, 5.41) is 117. The van der Waals surface area contributed by atoms with Gasteiger partial charge in [0.1, 0.15) is 84.8 Å². The van der Waals surface area contributed by atoms with Gasteiger partial charge in [0.25, 0.3) is 5.91 Å². The second-order valence-corrected chi connectivity index (χ2v) is 15.8. The Morgan fingerprint density at radius 3 is 2.05 bits per heavy atom. The first-order valence-electron chi connectivity index (χ1n) is 21.2. The van der Waals surface area contributed by atoms with Crippen molar-refractivity contribution < 1.29 is 98.1 Å². The van der Waals surface area contributed by atoms with E-state index < -0.39 is 124 Å². The molecule has 0 spiro atoms. The second kappa shape index (κ2) is 23.4. The van der Waals surface area contributed by atoms with Crippen LogP contribution in [0.3, 0.4) is 0 Å².